The predicted molar refractivity (Wildman–Crippen MR) is 67.2 cm³/mol. The lowest BCUT2D eigenvalue weighted by molar-refractivity contribution is -0.139. The van der Waals surface area contributed by atoms with E-state index in [0.29, 0.717) is 18.9 Å². The summed E-state index contributed by atoms with van der Waals surface area (Å²) in [6.07, 6.45) is 0.312. The first kappa shape index (κ1) is 13.6. The van der Waals surface area contributed by atoms with E-state index < -0.39 is 0 Å². The number of hydrogen-bond acceptors (Lipinski definition) is 3. The Hall–Kier alpha value is -1.51. The fourth-order valence-electron chi connectivity index (χ4n) is 1.45. The van der Waals surface area contributed by atoms with Crippen LogP contribution in [0, 0.1) is 12.8 Å². The van der Waals surface area contributed by atoms with Crippen molar-refractivity contribution in [1.29, 1.82) is 0 Å². The van der Waals surface area contributed by atoms with Crippen LogP contribution in [0.25, 0.3) is 0 Å². The van der Waals surface area contributed by atoms with Crippen LogP contribution in [-0.4, -0.2) is 19.7 Å². The van der Waals surface area contributed by atoms with Crippen LogP contribution in [0.5, 0.6) is 5.75 Å². The van der Waals surface area contributed by atoms with Crippen molar-refractivity contribution >= 4 is 5.97 Å². The van der Waals surface area contributed by atoms with E-state index in [2.05, 4.69) is 18.6 Å². The van der Waals surface area contributed by atoms with Gasteiger partial charge in [0.1, 0.15) is 5.75 Å². The number of carbonyl (C=O) groups is 1. The molecule has 1 aromatic rings. The molecule has 1 aromatic carbocycles. The maximum absolute atomic E-state index is 11.2. The monoisotopic (exact) mass is 236 g/mol. The van der Waals surface area contributed by atoms with Gasteiger partial charge in [-0.05, 0) is 36.1 Å². The molecule has 0 saturated heterocycles. The summed E-state index contributed by atoms with van der Waals surface area (Å²) in [5, 5.41) is 0. The first-order chi connectivity index (χ1) is 8.02. The number of rotatable bonds is 5. The van der Waals surface area contributed by atoms with Gasteiger partial charge in [-0.3, -0.25) is 4.79 Å². The van der Waals surface area contributed by atoms with Crippen molar-refractivity contribution in [3.8, 4) is 5.75 Å². The summed E-state index contributed by atoms with van der Waals surface area (Å²) in [6, 6.07) is 5.77. The quantitative estimate of drug-likeness (QED) is 0.737. The molecule has 17 heavy (non-hydrogen) atoms. The lowest BCUT2D eigenvalue weighted by Gasteiger charge is -2.11. The second-order valence-electron chi connectivity index (χ2n) is 4.55. The largest absolute Gasteiger partial charge is 0.493 e. The molecule has 0 N–H and O–H groups in total. The van der Waals surface area contributed by atoms with Crippen molar-refractivity contribution < 1.29 is 14.3 Å². The summed E-state index contributed by atoms with van der Waals surface area (Å²) >= 11 is 0. The summed E-state index contributed by atoms with van der Waals surface area (Å²) in [7, 11) is 1.40. The Morgan fingerprint density at radius 3 is 2.59 bits per heavy atom. The van der Waals surface area contributed by atoms with E-state index >= 15 is 0 Å². The van der Waals surface area contributed by atoms with Crippen LogP contribution in [0.3, 0.4) is 0 Å². The van der Waals surface area contributed by atoms with Gasteiger partial charge in [-0.25, -0.2) is 0 Å². The summed E-state index contributed by atoms with van der Waals surface area (Å²) in [6.45, 7) is 6.90. The van der Waals surface area contributed by atoms with Crippen molar-refractivity contribution in [2.24, 2.45) is 5.92 Å². The molecule has 3 nitrogen and oxygen atoms in total. The zero-order valence-electron chi connectivity index (χ0n) is 10.9. The summed E-state index contributed by atoms with van der Waals surface area (Å²) in [4.78, 5) is 11.2. The molecule has 0 atom stereocenters. The Morgan fingerprint density at radius 1 is 1.35 bits per heavy atom. The minimum atomic E-state index is -0.219. The van der Waals surface area contributed by atoms with Gasteiger partial charge in [0, 0.05) is 0 Å². The number of hydrogen-bond donors (Lipinski definition) is 0. The molecule has 0 aliphatic rings. The molecule has 0 aliphatic heterocycles. The average Bonchev–Trinajstić information content (AvgIpc) is 2.29. The van der Waals surface area contributed by atoms with Crippen LogP contribution in [0.15, 0.2) is 18.2 Å². The Morgan fingerprint density at radius 2 is 2.06 bits per heavy atom. The lowest BCUT2D eigenvalue weighted by atomic mass is 10.1. The smallest absolute Gasteiger partial charge is 0.309 e. The number of methoxy groups -OCH3 is 1. The van der Waals surface area contributed by atoms with E-state index in [9.17, 15) is 4.79 Å². The van der Waals surface area contributed by atoms with E-state index in [-0.39, 0.29) is 5.97 Å². The fourth-order valence-corrected chi connectivity index (χ4v) is 1.45. The highest BCUT2D eigenvalue weighted by molar-refractivity contribution is 5.73. The minimum Gasteiger partial charge on any atom is -0.493 e. The highest BCUT2D eigenvalue weighted by Gasteiger charge is 2.07. The van der Waals surface area contributed by atoms with E-state index in [0.717, 1.165) is 16.9 Å². The molecule has 0 aliphatic carbocycles. The normalized spacial score (nSPS) is 10.4. The van der Waals surface area contributed by atoms with Crippen LogP contribution in [0.2, 0.25) is 0 Å². The number of ether oxygens (including phenoxy) is 2. The van der Waals surface area contributed by atoms with Crippen LogP contribution in [0.4, 0.5) is 0 Å². The topological polar surface area (TPSA) is 35.5 Å². The second-order valence-corrected chi connectivity index (χ2v) is 4.55. The van der Waals surface area contributed by atoms with E-state index in [1.54, 1.807) is 0 Å². The molecular formula is C14H20O3. The maximum Gasteiger partial charge on any atom is 0.309 e. The highest BCUT2D eigenvalue weighted by atomic mass is 16.5. The fraction of sp³-hybridized carbons (Fsp3) is 0.500. The van der Waals surface area contributed by atoms with Crippen molar-refractivity contribution in [1.82, 2.24) is 0 Å². The van der Waals surface area contributed by atoms with Gasteiger partial charge in [0.15, 0.2) is 0 Å². The third kappa shape index (κ3) is 4.47. The average molecular weight is 236 g/mol. The van der Waals surface area contributed by atoms with Gasteiger partial charge in [-0.2, -0.15) is 0 Å². The van der Waals surface area contributed by atoms with Gasteiger partial charge in [0.25, 0.3) is 0 Å². The van der Waals surface area contributed by atoms with Crippen molar-refractivity contribution in [3.05, 3.63) is 29.3 Å². The van der Waals surface area contributed by atoms with Gasteiger partial charge in [-0.15, -0.1) is 0 Å². The van der Waals surface area contributed by atoms with E-state index in [4.69, 9.17) is 4.74 Å². The van der Waals surface area contributed by atoms with Crippen LogP contribution >= 0.6 is 0 Å². The van der Waals surface area contributed by atoms with Gasteiger partial charge in [-0.1, -0.05) is 19.9 Å². The van der Waals surface area contributed by atoms with Gasteiger partial charge in [0.2, 0.25) is 0 Å². The Bertz CT molecular complexity index is 383. The molecule has 0 saturated carbocycles. The number of aryl methyl sites for hydroxylation is 1. The van der Waals surface area contributed by atoms with E-state index in [1.807, 2.05) is 25.1 Å². The van der Waals surface area contributed by atoms with Crippen LogP contribution in [-0.2, 0) is 16.0 Å². The Kier molecular flexibility index (Phi) is 5.01. The van der Waals surface area contributed by atoms with Crippen molar-refractivity contribution in [3.63, 3.8) is 0 Å². The maximum atomic E-state index is 11.2. The molecule has 0 aromatic heterocycles. The zero-order valence-corrected chi connectivity index (χ0v) is 10.9. The zero-order chi connectivity index (χ0) is 12.8. The summed E-state index contributed by atoms with van der Waals surface area (Å²) < 4.78 is 10.3. The Balaban J connectivity index is 2.69. The minimum absolute atomic E-state index is 0.219. The molecule has 94 valence electrons. The third-order valence-electron chi connectivity index (χ3n) is 2.46. The number of esters is 1. The van der Waals surface area contributed by atoms with Crippen LogP contribution < -0.4 is 4.74 Å². The number of carbonyl (C=O) groups excluding carboxylic acids is 1. The van der Waals surface area contributed by atoms with E-state index in [1.165, 1.54) is 7.11 Å². The predicted octanol–water partition coefficient (Wildman–Crippen LogP) is 2.75. The van der Waals surface area contributed by atoms with Crippen molar-refractivity contribution in [2.45, 2.75) is 27.2 Å². The highest BCUT2D eigenvalue weighted by Crippen LogP contribution is 2.18. The Labute approximate surface area is 103 Å². The summed E-state index contributed by atoms with van der Waals surface area (Å²) in [5.74, 6) is 1.14. The second kappa shape index (κ2) is 6.28. The molecule has 0 radical (unpaired) electrons. The standard InChI is InChI=1S/C14H20O3/c1-10(2)9-17-13-6-5-12(11(3)7-13)8-14(15)16-4/h5-7,10H,8-9H2,1-4H3. The van der Waals surface area contributed by atoms with Gasteiger partial charge >= 0.3 is 5.97 Å². The molecule has 1 rings (SSSR count). The summed E-state index contributed by atoms with van der Waals surface area (Å²) in [5.41, 5.74) is 2.03. The van der Waals surface area contributed by atoms with Crippen LogP contribution in [0.1, 0.15) is 25.0 Å². The third-order valence-corrected chi connectivity index (χ3v) is 2.46. The van der Waals surface area contributed by atoms with Gasteiger partial charge in [0.05, 0.1) is 20.1 Å². The molecule has 0 bridgehead atoms. The molecule has 3 heteroatoms. The molecule has 0 heterocycles. The molecule has 0 amide bonds. The number of benzene rings is 1. The first-order valence-electron chi connectivity index (χ1n) is 5.82. The van der Waals surface area contributed by atoms with Crippen molar-refractivity contribution in [2.75, 3.05) is 13.7 Å². The molecule has 0 fully saturated rings. The van der Waals surface area contributed by atoms with Gasteiger partial charge < -0.3 is 9.47 Å². The molecule has 0 unspecified atom stereocenters. The SMILES string of the molecule is COC(=O)Cc1ccc(OCC(C)C)cc1C. The molecular weight excluding hydrogens is 216 g/mol. The first-order valence-corrected chi connectivity index (χ1v) is 5.82. The lowest BCUT2D eigenvalue weighted by Crippen LogP contribution is -2.07. The molecule has 0 spiro atoms.